The van der Waals surface area contributed by atoms with Gasteiger partial charge < -0.3 is 4.42 Å². The van der Waals surface area contributed by atoms with Gasteiger partial charge in [0.05, 0.1) is 23.9 Å². The van der Waals surface area contributed by atoms with Crippen LogP contribution in [0.5, 0.6) is 0 Å². The van der Waals surface area contributed by atoms with Crippen LogP contribution in [-0.4, -0.2) is 31.4 Å². The van der Waals surface area contributed by atoms with Crippen LogP contribution in [0.2, 0.25) is 5.02 Å². The molecule has 0 saturated carbocycles. The van der Waals surface area contributed by atoms with E-state index in [0.717, 1.165) is 5.56 Å². The smallest absolute Gasteiger partial charge is 0.243 e. The zero-order valence-corrected chi connectivity index (χ0v) is 17.5. The minimum Gasteiger partial charge on any atom is -0.468 e. The zero-order valence-electron chi connectivity index (χ0n) is 15.9. The third kappa shape index (κ3) is 6.03. The highest BCUT2D eigenvalue weighted by Crippen LogP contribution is 2.21. The Morgan fingerprint density at radius 1 is 1.07 bits per heavy atom. The molecule has 0 saturated heterocycles. The molecular formula is C21H20ClN3O4S. The Balaban J connectivity index is 1.67. The van der Waals surface area contributed by atoms with Crippen molar-refractivity contribution < 1.29 is 17.6 Å². The summed E-state index contributed by atoms with van der Waals surface area (Å²) in [5, 5.41) is 4.33. The van der Waals surface area contributed by atoms with Crippen LogP contribution in [0.4, 0.5) is 0 Å². The van der Waals surface area contributed by atoms with Crippen molar-refractivity contribution in [1.29, 1.82) is 0 Å². The summed E-state index contributed by atoms with van der Waals surface area (Å²) in [7, 11) is -3.86. The monoisotopic (exact) mass is 445 g/mol. The second kappa shape index (κ2) is 10.2. The van der Waals surface area contributed by atoms with Crippen LogP contribution in [-0.2, 0) is 21.4 Å². The Bertz CT molecular complexity index is 1080. The van der Waals surface area contributed by atoms with Crippen LogP contribution >= 0.6 is 11.6 Å². The van der Waals surface area contributed by atoms with Crippen molar-refractivity contribution in [2.45, 2.75) is 17.9 Å². The van der Waals surface area contributed by atoms with Gasteiger partial charge in [0.25, 0.3) is 0 Å². The highest BCUT2D eigenvalue weighted by Gasteiger charge is 2.26. The van der Waals surface area contributed by atoms with Gasteiger partial charge in [-0.25, -0.2) is 13.8 Å². The Hall–Kier alpha value is -2.94. The first-order valence-corrected chi connectivity index (χ1v) is 10.9. The average Bonchev–Trinajstić information content (AvgIpc) is 3.25. The lowest BCUT2D eigenvalue weighted by Gasteiger charge is -2.21. The summed E-state index contributed by atoms with van der Waals surface area (Å²) < 4.78 is 32.6. The molecule has 0 aliphatic carbocycles. The number of hydrogen-bond acceptors (Lipinski definition) is 5. The topological polar surface area (TPSA) is 92.0 Å². The van der Waals surface area contributed by atoms with E-state index in [1.807, 2.05) is 30.3 Å². The maximum absolute atomic E-state index is 13.1. The van der Waals surface area contributed by atoms with Crippen molar-refractivity contribution in [1.82, 2.24) is 9.73 Å². The van der Waals surface area contributed by atoms with Crippen LogP contribution in [0.1, 0.15) is 17.7 Å². The van der Waals surface area contributed by atoms with Crippen LogP contribution in [0.3, 0.4) is 0 Å². The first kappa shape index (κ1) is 21.8. The molecule has 30 heavy (non-hydrogen) atoms. The summed E-state index contributed by atoms with van der Waals surface area (Å²) >= 11 is 5.86. The molecule has 1 aromatic heterocycles. The number of carbonyl (C=O) groups is 1. The molecule has 156 valence electrons. The van der Waals surface area contributed by atoms with E-state index in [1.165, 1.54) is 41.0 Å². The molecule has 0 aliphatic heterocycles. The van der Waals surface area contributed by atoms with Crippen molar-refractivity contribution in [3.05, 3.63) is 89.3 Å². The Morgan fingerprint density at radius 3 is 2.47 bits per heavy atom. The van der Waals surface area contributed by atoms with E-state index in [1.54, 1.807) is 12.1 Å². The van der Waals surface area contributed by atoms with Gasteiger partial charge in [-0.1, -0.05) is 41.9 Å². The van der Waals surface area contributed by atoms with Gasteiger partial charge in [0.1, 0.15) is 5.76 Å². The number of benzene rings is 2. The van der Waals surface area contributed by atoms with Gasteiger partial charge in [0, 0.05) is 18.0 Å². The van der Waals surface area contributed by atoms with Gasteiger partial charge in [0.15, 0.2) is 0 Å². The summed E-state index contributed by atoms with van der Waals surface area (Å²) in [6.45, 7) is -0.0448. The van der Waals surface area contributed by atoms with E-state index in [0.29, 0.717) is 10.8 Å². The maximum Gasteiger partial charge on any atom is 0.243 e. The molecule has 0 atom stereocenters. The zero-order chi connectivity index (χ0) is 21.4. The highest BCUT2D eigenvalue weighted by atomic mass is 35.5. The van der Waals surface area contributed by atoms with Gasteiger partial charge in [0.2, 0.25) is 15.9 Å². The van der Waals surface area contributed by atoms with Gasteiger partial charge in [-0.05, 0) is 42.0 Å². The van der Waals surface area contributed by atoms with Crippen LogP contribution < -0.4 is 5.43 Å². The summed E-state index contributed by atoms with van der Waals surface area (Å²) in [6, 6.07) is 18.5. The molecule has 2 aromatic carbocycles. The number of rotatable bonds is 9. The van der Waals surface area contributed by atoms with Crippen molar-refractivity contribution in [3.8, 4) is 0 Å². The number of sulfonamides is 1. The number of furan rings is 1. The van der Waals surface area contributed by atoms with Gasteiger partial charge >= 0.3 is 0 Å². The van der Waals surface area contributed by atoms with Gasteiger partial charge in [-0.2, -0.15) is 9.41 Å². The summed E-state index contributed by atoms with van der Waals surface area (Å²) in [5.41, 5.74) is 3.25. The first-order valence-electron chi connectivity index (χ1n) is 9.10. The molecule has 0 fully saturated rings. The van der Waals surface area contributed by atoms with Crippen LogP contribution in [0, 0.1) is 0 Å². The number of amides is 1. The SMILES string of the molecule is O=C(CCN(Cc1ccco1)S(=O)(=O)c1ccc(Cl)cc1)NN=Cc1ccccc1. The molecule has 3 aromatic rings. The molecule has 3 rings (SSSR count). The second-order valence-corrected chi connectivity index (χ2v) is 8.70. The molecule has 1 N–H and O–H groups in total. The predicted molar refractivity (Wildman–Crippen MR) is 115 cm³/mol. The summed E-state index contributed by atoms with van der Waals surface area (Å²) in [4.78, 5) is 12.2. The number of halogens is 1. The number of hydrazone groups is 1. The first-order chi connectivity index (χ1) is 14.4. The Labute approximate surface area is 180 Å². The molecule has 0 spiro atoms. The molecule has 9 heteroatoms. The fraction of sp³-hybridized carbons (Fsp3) is 0.143. The van der Waals surface area contributed by atoms with Crippen molar-refractivity contribution >= 4 is 33.7 Å². The van der Waals surface area contributed by atoms with E-state index >= 15 is 0 Å². The van der Waals surface area contributed by atoms with Crippen molar-refractivity contribution in [2.24, 2.45) is 5.10 Å². The molecule has 1 amide bonds. The average molecular weight is 446 g/mol. The van der Waals surface area contributed by atoms with E-state index in [4.69, 9.17) is 16.0 Å². The second-order valence-electron chi connectivity index (χ2n) is 6.33. The van der Waals surface area contributed by atoms with Crippen LogP contribution in [0.15, 0.2) is 87.4 Å². The van der Waals surface area contributed by atoms with E-state index in [2.05, 4.69) is 10.5 Å². The summed E-state index contributed by atoms with van der Waals surface area (Å²) in [6.07, 6.45) is 2.91. The fourth-order valence-electron chi connectivity index (χ4n) is 2.62. The minimum atomic E-state index is -3.86. The quantitative estimate of drug-likeness (QED) is 0.402. The highest BCUT2D eigenvalue weighted by molar-refractivity contribution is 7.89. The van der Waals surface area contributed by atoms with Crippen molar-refractivity contribution in [3.63, 3.8) is 0 Å². The number of carbonyl (C=O) groups excluding carboxylic acids is 1. The normalized spacial score (nSPS) is 11.8. The van der Waals surface area contributed by atoms with E-state index in [9.17, 15) is 13.2 Å². The van der Waals surface area contributed by atoms with Crippen molar-refractivity contribution in [2.75, 3.05) is 6.54 Å². The molecule has 1 heterocycles. The third-order valence-corrected chi connectivity index (χ3v) is 6.27. The Kier molecular flexibility index (Phi) is 7.40. The van der Waals surface area contributed by atoms with Crippen LogP contribution in [0.25, 0.3) is 0 Å². The van der Waals surface area contributed by atoms with Gasteiger partial charge in [-0.3, -0.25) is 4.79 Å². The molecule has 0 unspecified atom stereocenters. The van der Waals surface area contributed by atoms with E-state index in [-0.39, 0.29) is 24.4 Å². The lowest BCUT2D eigenvalue weighted by Crippen LogP contribution is -2.34. The molecular weight excluding hydrogens is 426 g/mol. The minimum absolute atomic E-state index is 0.00147. The molecule has 0 radical (unpaired) electrons. The fourth-order valence-corrected chi connectivity index (χ4v) is 4.15. The standard InChI is InChI=1S/C21H20ClN3O4S/c22-18-8-10-20(11-9-18)30(27,28)25(16-19-7-4-14-29-19)13-12-21(26)24-23-15-17-5-2-1-3-6-17/h1-11,14-15H,12-13,16H2,(H,24,26). The number of nitrogens with zero attached hydrogens (tertiary/aromatic N) is 2. The maximum atomic E-state index is 13.1. The molecule has 0 aliphatic rings. The van der Waals surface area contributed by atoms with Gasteiger partial charge in [-0.15, -0.1) is 0 Å². The lowest BCUT2D eigenvalue weighted by atomic mass is 10.2. The predicted octanol–water partition coefficient (Wildman–Crippen LogP) is 3.66. The number of hydrogen-bond donors (Lipinski definition) is 1. The third-order valence-electron chi connectivity index (χ3n) is 4.15. The Morgan fingerprint density at radius 2 is 1.80 bits per heavy atom. The lowest BCUT2D eigenvalue weighted by molar-refractivity contribution is -0.121. The number of nitrogens with one attached hydrogen (secondary N) is 1. The molecule has 0 bridgehead atoms. The molecule has 7 nitrogen and oxygen atoms in total. The summed E-state index contributed by atoms with van der Waals surface area (Å²) in [5.74, 6) is 0.0629. The largest absolute Gasteiger partial charge is 0.468 e. The van der Waals surface area contributed by atoms with E-state index < -0.39 is 15.9 Å².